The average Bonchev–Trinajstić information content (AvgIpc) is 3.66. The number of nitriles is 2. The molecule has 0 aliphatic carbocycles. The van der Waals surface area contributed by atoms with E-state index in [-0.39, 0.29) is 58.7 Å². The zero-order chi connectivity index (χ0) is 40.1. The van der Waals surface area contributed by atoms with Gasteiger partial charge in [-0.1, -0.05) is 35.5 Å². The van der Waals surface area contributed by atoms with Crippen LogP contribution < -0.4 is 32.6 Å². The zero-order valence-corrected chi connectivity index (χ0v) is 31.1. The molecule has 0 saturated heterocycles. The van der Waals surface area contributed by atoms with E-state index in [0.717, 1.165) is 5.56 Å². The summed E-state index contributed by atoms with van der Waals surface area (Å²) in [5.41, 5.74) is 18.9. The van der Waals surface area contributed by atoms with E-state index >= 15 is 0 Å². The molecule has 3 atom stereocenters. The van der Waals surface area contributed by atoms with Crippen LogP contribution in [0.2, 0.25) is 5.02 Å². The van der Waals surface area contributed by atoms with E-state index in [1.807, 2.05) is 6.07 Å². The summed E-state index contributed by atoms with van der Waals surface area (Å²) >= 11 is 7.17. The Morgan fingerprint density at radius 3 is 2.07 bits per heavy atom. The number of nitrogens with two attached hydrogens (primary N) is 3. The van der Waals surface area contributed by atoms with Crippen LogP contribution in [-0.2, 0) is 34.4 Å². The molecule has 8 N–H and O–H groups in total. The van der Waals surface area contributed by atoms with E-state index in [4.69, 9.17) is 47.4 Å². The maximum atomic E-state index is 12.7. The lowest BCUT2D eigenvalue weighted by Crippen LogP contribution is -2.45. The molecule has 0 fully saturated rings. The third-order valence-corrected chi connectivity index (χ3v) is 8.78. The van der Waals surface area contributed by atoms with Crippen molar-refractivity contribution in [1.29, 1.82) is 10.5 Å². The van der Waals surface area contributed by atoms with Crippen LogP contribution in [0.4, 0.5) is 5.82 Å². The predicted molar refractivity (Wildman–Crippen MR) is 200 cm³/mol. The lowest BCUT2D eigenvalue weighted by molar-refractivity contribution is -0.163. The molecule has 2 aromatic heterocycles. The highest BCUT2D eigenvalue weighted by molar-refractivity contribution is 7.98. The smallest absolute Gasteiger partial charge is 0.328 e. The fourth-order valence-electron chi connectivity index (χ4n) is 4.74. The Hall–Kier alpha value is -6.18. The maximum absolute atomic E-state index is 12.7. The summed E-state index contributed by atoms with van der Waals surface area (Å²) < 4.78 is 22.2. The molecule has 0 saturated carbocycles. The Morgan fingerprint density at radius 2 is 1.47 bits per heavy atom. The van der Waals surface area contributed by atoms with E-state index < -0.39 is 48.5 Å². The molecule has 55 heavy (non-hydrogen) atoms. The fraction of sp³-hybridized carbons (Fsp3) is 0.278. The number of hydrogen-bond acceptors (Lipinski definition) is 16. The van der Waals surface area contributed by atoms with E-state index in [2.05, 4.69) is 26.7 Å². The number of oxazole rings is 1. The van der Waals surface area contributed by atoms with Gasteiger partial charge in [0.1, 0.15) is 65.9 Å². The van der Waals surface area contributed by atoms with Crippen LogP contribution in [-0.4, -0.2) is 78.2 Å². The van der Waals surface area contributed by atoms with Crippen LogP contribution in [0.3, 0.4) is 0 Å². The molecule has 4 rings (SSSR count). The lowest BCUT2D eigenvalue weighted by Gasteiger charge is -2.22. The number of carbonyl (C=O) groups excluding carboxylic acids is 4. The molecular formula is C36H36ClN9O8S. The zero-order valence-electron chi connectivity index (χ0n) is 29.5. The van der Waals surface area contributed by atoms with Crippen molar-refractivity contribution in [3.05, 3.63) is 76.6 Å². The summed E-state index contributed by atoms with van der Waals surface area (Å²) in [5, 5.41) is 25.8. The largest absolute Gasteiger partial charge is 0.490 e. The van der Waals surface area contributed by atoms with Crippen molar-refractivity contribution in [2.24, 2.45) is 11.5 Å². The summed E-state index contributed by atoms with van der Waals surface area (Å²) in [7, 11) is 0. The summed E-state index contributed by atoms with van der Waals surface area (Å²) in [4.78, 5) is 57.3. The third-order valence-electron chi connectivity index (χ3n) is 7.52. The van der Waals surface area contributed by atoms with Gasteiger partial charge in [-0.15, -0.1) is 0 Å². The normalized spacial score (nSPS) is 12.3. The van der Waals surface area contributed by atoms with Gasteiger partial charge in [0.2, 0.25) is 17.7 Å². The van der Waals surface area contributed by atoms with Crippen molar-refractivity contribution in [1.82, 2.24) is 20.6 Å². The van der Waals surface area contributed by atoms with Crippen molar-refractivity contribution in [3.63, 3.8) is 0 Å². The van der Waals surface area contributed by atoms with Gasteiger partial charge in [0.15, 0.2) is 6.10 Å². The van der Waals surface area contributed by atoms with E-state index in [1.165, 1.54) is 31.9 Å². The Bertz CT molecular complexity index is 2100. The molecule has 2 aromatic carbocycles. The number of carbonyl (C=O) groups is 4. The molecular weight excluding hydrogens is 754 g/mol. The standard InChI is InChI=1S/C36H36ClN9O8S/c1-19(43-29(47)13-40)35(49)53-17-26(54-36(50)20(2)44-30(48)14-41)16-51-25-9-5-21(6-10-25)31-27(11-38)32(42)46-34(28(31)12-39)55-18-24-15-52-33(45-24)22-3-7-23(37)8-4-22/h3-10,15,19-20,26H,13-14,16-18,40-41H2,1-2H3,(H2,42,46)(H,43,47)(H,44,48). The molecule has 4 aromatic rings. The molecule has 286 valence electrons. The predicted octanol–water partition coefficient (Wildman–Crippen LogP) is 2.44. The number of aromatic nitrogens is 2. The van der Waals surface area contributed by atoms with Gasteiger partial charge in [0, 0.05) is 21.9 Å². The van der Waals surface area contributed by atoms with Gasteiger partial charge in [-0.3, -0.25) is 9.59 Å². The number of nitrogen functional groups attached to an aromatic ring is 1. The number of hydrogen-bond donors (Lipinski definition) is 5. The number of thioether (sulfide) groups is 1. The van der Waals surface area contributed by atoms with E-state index in [1.54, 1.807) is 48.5 Å². The highest BCUT2D eigenvalue weighted by atomic mass is 35.5. The summed E-state index contributed by atoms with van der Waals surface area (Å²) in [6.07, 6.45) is 0.335. The number of ether oxygens (including phenoxy) is 3. The molecule has 0 bridgehead atoms. The molecule has 3 unspecified atom stereocenters. The van der Waals surface area contributed by atoms with Crippen LogP contribution in [0, 0.1) is 22.7 Å². The van der Waals surface area contributed by atoms with Crippen molar-refractivity contribution < 1.29 is 37.8 Å². The van der Waals surface area contributed by atoms with Crippen LogP contribution >= 0.6 is 23.4 Å². The second-order valence-electron chi connectivity index (χ2n) is 11.6. The number of rotatable bonds is 17. The molecule has 17 nitrogen and oxygen atoms in total. The van der Waals surface area contributed by atoms with Gasteiger partial charge in [0.05, 0.1) is 24.3 Å². The van der Waals surface area contributed by atoms with E-state index in [0.29, 0.717) is 22.2 Å². The first kappa shape index (κ1) is 41.6. The number of pyridine rings is 1. The quantitative estimate of drug-likeness (QED) is 0.0758. The summed E-state index contributed by atoms with van der Waals surface area (Å²) in [5.74, 6) is -1.97. The first-order valence-electron chi connectivity index (χ1n) is 16.4. The Kier molecular flexibility index (Phi) is 14.9. The molecule has 2 amide bonds. The van der Waals surface area contributed by atoms with Crippen LogP contribution in [0.5, 0.6) is 5.75 Å². The third kappa shape index (κ3) is 11.4. The molecule has 0 aliphatic rings. The lowest BCUT2D eigenvalue weighted by atomic mass is 9.97. The highest BCUT2D eigenvalue weighted by Gasteiger charge is 2.26. The Labute approximate surface area is 324 Å². The van der Waals surface area contributed by atoms with Crippen molar-refractivity contribution in [2.75, 3.05) is 32.0 Å². The van der Waals surface area contributed by atoms with Crippen LogP contribution in [0.1, 0.15) is 30.7 Å². The minimum absolute atomic E-state index is 0.00236. The molecule has 19 heteroatoms. The second-order valence-corrected chi connectivity index (χ2v) is 13.0. The topological polar surface area (TPSA) is 285 Å². The SMILES string of the molecule is CC(NC(=O)CN)C(=O)OCC(COc1ccc(-c2c(C#N)c(N)nc(SCc3coc(-c4ccc(Cl)cc4)n3)c2C#N)cc1)OC(=O)C(C)NC(=O)CN. The fourth-order valence-corrected chi connectivity index (χ4v) is 5.74. The first-order chi connectivity index (χ1) is 26.4. The monoisotopic (exact) mass is 789 g/mol. The highest BCUT2D eigenvalue weighted by Crippen LogP contribution is 2.37. The first-order valence-corrected chi connectivity index (χ1v) is 17.8. The molecule has 0 spiro atoms. The molecule has 0 radical (unpaired) electrons. The van der Waals surface area contributed by atoms with Gasteiger partial charge in [-0.2, -0.15) is 10.5 Å². The van der Waals surface area contributed by atoms with Crippen LogP contribution in [0.15, 0.2) is 64.2 Å². The maximum Gasteiger partial charge on any atom is 0.328 e. The van der Waals surface area contributed by atoms with Gasteiger partial charge in [-0.05, 0) is 55.8 Å². The Balaban J connectivity index is 1.50. The average molecular weight is 790 g/mol. The number of halogens is 1. The van der Waals surface area contributed by atoms with Gasteiger partial charge < -0.3 is 46.5 Å². The number of amides is 2. The number of nitrogens with one attached hydrogen (secondary N) is 2. The minimum atomic E-state index is -1.16. The molecule has 2 heterocycles. The summed E-state index contributed by atoms with van der Waals surface area (Å²) in [6.45, 7) is 1.32. The number of benzene rings is 2. The number of esters is 2. The number of anilines is 1. The summed E-state index contributed by atoms with van der Waals surface area (Å²) in [6, 6.07) is 15.4. The van der Waals surface area contributed by atoms with Gasteiger partial charge >= 0.3 is 11.9 Å². The van der Waals surface area contributed by atoms with Crippen LogP contribution in [0.25, 0.3) is 22.6 Å². The van der Waals surface area contributed by atoms with Crippen molar-refractivity contribution >= 4 is 52.9 Å². The number of nitrogens with zero attached hydrogens (tertiary/aromatic N) is 4. The van der Waals surface area contributed by atoms with Crippen molar-refractivity contribution in [3.8, 4) is 40.5 Å². The van der Waals surface area contributed by atoms with Crippen molar-refractivity contribution in [2.45, 2.75) is 42.8 Å². The van der Waals surface area contributed by atoms with E-state index in [9.17, 15) is 29.7 Å². The van der Waals surface area contributed by atoms with Gasteiger partial charge in [-0.25, -0.2) is 19.6 Å². The van der Waals surface area contributed by atoms with Gasteiger partial charge in [0.25, 0.3) is 0 Å². The second kappa shape index (κ2) is 19.8. The minimum Gasteiger partial charge on any atom is -0.490 e. The molecule has 0 aliphatic heterocycles. The Morgan fingerprint density at radius 1 is 0.873 bits per heavy atom.